The van der Waals surface area contributed by atoms with Crippen molar-refractivity contribution >= 4 is 37.2 Å². The number of esters is 1. The Morgan fingerprint density at radius 1 is 0.860 bits per heavy atom. The van der Waals surface area contributed by atoms with Gasteiger partial charge in [-0.1, -0.05) is 27.4 Å². The van der Waals surface area contributed by atoms with Gasteiger partial charge in [0.1, 0.15) is 24.1 Å². The minimum Gasteiger partial charge on any atom is -0.508 e. The number of hydrogen-bond donors (Lipinski definition) is 5. The van der Waals surface area contributed by atoms with Crippen molar-refractivity contribution < 1.29 is 66.1 Å². The zero-order valence-electron chi connectivity index (χ0n) is 32.2. The lowest BCUT2D eigenvalue weighted by atomic mass is 9.43. The Morgan fingerprint density at radius 3 is 2.07 bits per heavy atom. The quantitative estimate of drug-likeness (QED) is 0.0861. The molecule has 57 heavy (non-hydrogen) atoms. The van der Waals surface area contributed by atoms with Crippen molar-refractivity contribution in [2.45, 2.75) is 110 Å². The number of nitrogens with one attached hydrogen (secondary N) is 1. The van der Waals surface area contributed by atoms with Crippen molar-refractivity contribution in [3.63, 3.8) is 0 Å². The van der Waals surface area contributed by atoms with E-state index in [1.165, 1.54) is 18.3 Å². The predicted molar refractivity (Wildman–Crippen MR) is 203 cm³/mol. The summed E-state index contributed by atoms with van der Waals surface area (Å²) in [6.07, 6.45) is 0.743. The number of hydrogen-bond acceptors (Lipinski definition) is 13. The van der Waals surface area contributed by atoms with E-state index in [9.17, 15) is 48.8 Å². The lowest BCUT2D eigenvalue weighted by Gasteiger charge is -2.63. The van der Waals surface area contributed by atoms with E-state index in [2.05, 4.69) is 30.4 Å². The molecular formula is C37H52N2O15S3. The first-order chi connectivity index (χ1) is 26.4. The molecule has 2 aromatic rings. The van der Waals surface area contributed by atoms with Gasteiger partial charge < -0.3 is 14.8 Å². The van der Waals surface area contributed by atoms with Crippen molar-refractivity contribution in [2.24, 2.45) is 46.3 Å². The van der Waals surface area contributed by atoms with E-state index >= 15 is 0 Å². The summed E-state index contributed by atoms with van der Waals surface area (Å²) in [5.74, 6) is -1.00. The molecule has 4 aliphatic carbocycles. The number of fused-ring (bicyclic) bond motifs is 5. The summed E-state index contributed by atoms with van der Waals surface area (Å²) in [4.78, 5) is 20.4. The van der Waals surface area contributed by atoms with Crippen LogP contribution in [-0.2, 0) is 48.5 Å². The van der Waals surface area contributed by atoms with Crippen LogP contribution in [0, 0.1) is 46.3 Å². The third-order valence-corrected chi connectivity index (χ3v) is 15.2. The summed E-state index contributed by atoms with van der Waals surface area (Å²) in [7, 11) is -15.2. The second-order valence-electron chi connectivity index (χ2n) is 17.1. The summed E-state index contributed by atoms with van der Waals surface area (Å²) in [6.45, 7) is 12.1. The van der Waals surface area contributed by atoms with Crippen molar-refractivity contribution in [3.8, 4) is 17.0 Å². The molecule has 0 unspecified atom stereocenters. The zero-order valence-corrected chi connectivity index (χ0v) is 34.6. The lowest BCUT2D eigenvalue weighted by Crippen LogP contribution is -2.62. The molecule has 12 atom stereocenters. The zero-order chi connectivity index (χ0) is 41.9. The summed E-state index contributed by atoms with van der Waals surface area (Å²) < 4.78 is 122. The van der Waals surface area contributed by atoms with Gasteiger partial charge >= 0.3 is 37.2 Å². The van der Waals surface area contributed by atoms with Crippen LogP contribution in [0.1, 0.15) is 96.1 Å². The predicted octanol–water partition coefficient (Wildman–Crippen LogP) is 5.74. The van der Waals surface area contributed by atoms with E-state index in [0.717, 1.165) is 24.8 Å². The number of ether oxygens (including phenoxy) is 1. The largest absolute Gasteiger partial charge is 0.508 e. The molecule has 1 aromatic heterocycles. The van der Waals surface area contributed by atoms with E-state index in [-0.39, 0.29) is 65.8 Å². The van der Waals surface area contributed by atoms with Gasteiger partial charge in [-0.2, -0.15) is 25.3 Å². The first-order valence-electron chi connectivity index (χ1n) is 19.0. The fourth-order valence-electron chi connectivity index (χ4n) is 11.4. The molecule has 5 N–H and O–H groups in total. The van der Waals surface area contributed by atoms with E-state index in [4.69, 9.17) is 17.3 Å². The van der Waals surface area contributed by atoms with Crippen LogP contribution in [0.4, 0.5) is 0 Å². The second kappa shape index (κ2) is 15.9. The van der Waals surface area contributed by atoms with E-state index in [0.29, 0.717) is 30.5 Å². The van der Waals surface area contributed by atoms with Crippen molar-refractivity contribution in [1.82, 2.24) is 9.97 Å². The molecule has 20 heteroatoms. The third-order valence-electron chi connectivity index (χ3n) is 13.8. The number of carbonyl (C=O) groups excluding carboxylic acids is 1. The van der Waals surface area contributed by atoms with Crippen LogP contribution in [-0.4, -0.2) is 84.4 Å². The van der Waals surface area contributed by atoms with Gasteiger partial charge in [-0.25, -0.2) is 22.3 Å². The van der Waals surface area contributed by atoms with Gasteiger partial charge in [0, 0.05) is 0 Å². The molecule has 0 bridgehead atoms. The number of carbonyl (C=O) groups is 1. The fourth-order valence-corrected chi connectivity index (χ4v) is 13.0. The summed E-state index contributed by atoms with van der Waals surface area (Å²) in [5.41, 5.74) is 0.883. The Kier molecular flexibility index (Phi) is 12.2. The number of nitrogens with zero attached hydrogens (tertiary/aromatic N) is 1. The molecule has 4 saturated carbocycles. The number of aromatic amines is 1. The average molecular weight is 861 g/mol. The van der Waals surface area contributed by atoms with Crippen LogP contribution in [0.2, 0.25) is 0 Å². The van der Waals surface area contributed by atoms with Crippen molar-refractivity contribution in [2.75, 3.05) is 0 Å². The summed E-state index contributed by atoms with van der Waals surface area (Å²) in [5, 5.41) is 9.60. The van der Waals surface area contributed by atoms with Gasteiger partial charge in [-0.05, 0) is 146 Å². The SMILES string of the molecule is C=C(C)[C@@H](CC[C@@H](C)[C@H]1CC[C@H]2[C@@H]3C[C@H](OS(=O)(=O)O)[C@H]4C[C@@H](OS(=O)(=O)O)[C@@H](OS(=O)(=O)O)C[C@]4(C)[C@H]3CC[C@]12C)OC(=O)c1ncc(-c2ccc(O)cc2)[nH]1. The van der Waals surface area contributed by atoms with Crippen LogP contribution < -0.4 is 0 Å². The molecule has 0 amide bonds. The molecule has 1 aromatic carbocycles. The van der Waals surface area contributed by atoms with E-state index in [1.807, 2.05) is 6.92 Å². The molecule has 4 aliphatic rings. The summed E-state index contributed by atoms with van der Waals surface area (Å²) in [6, 6.07) is 6.46. The number of phenols is 1. The average Bonchev–Trinajstić information content (AvgIpc) is 3.71. The molecule has 17 nitrogen and oxygen atoms in total. The molecule has 1 heterocycles. The Labute approximate surface area is 333 Å². The molecule has 0 radical (unpaired) electrons. The van der Waals surface area contributed by atoms with Crippen LogP contribution in [0.15, 0.2) is 42.6 Å². The normalized spacial score (nSPS) is 34.0. The minimum absolute atomic E-state index is 0.0373. The lowest BCUT2D eigenvalue weighted by molar-refractivity contribution is -0.184. The maximum absolute atomic E-state index is 13.2. The van der Waals surface area contributed by atoms with Crippen LogP contribution in [0.25, 0.3) is 11.3 Å². The molecule has 0 saturated heterocycles. The van der Waals surface area contributed by atoms with Crippen LogP contribution >= 0.6 is 0 Å². The molecular weight excluding hydrogens is 809 g/mol. The number of benzene rings is 1. The number of aromatic hydroxyl groups is 1. The Hall–Kier alpha value is -2.95. The molecule has 318 valence electrons. The maximum Gasteiger partial charge on any atom is 0.397 e. The summed E-state index contributed by atoms with van der Waals surface area (Å²) >= 11 is 0. The molecule has 6 rings (SSSR count). The molecule has 0 spiro atoms. The number of phenolic OH excluding ortho intramolecular Hbond substituents is 1. The van der Waals surface area contributed by atoms with Gasteiger partial charge in [0.25, 0.3) is 0 Å². The standard InChI is InChI=1S/C37H52N2O15S3/c1-20(2)30(51-35(41)34-38-19-29(39-34)22-7-9-23(40)10-8-22)13-6-21(3)25-11-12-26-24-16-31(52-55(42,43)44)28-17-32(53-56(45,46)47)33(54-57(48,49)50)18-37(28,5)27(24)14-15-36(25,26)4/h7-10,19,21,24-28,30-33,40H,1,6,11-18H2,2-5H3,(H,38,39)(H,42,43,44)(H,45,46,47)(H,48,49,50)/t21-,24+,25-,26+,27+,28-,30-,31+,32-,33+,36-,37-/m1/s1. The van der Waals surface area contributed by atoms with E-state index in [1.54, 1.807) is 19.1 Å². The van der Waals surface area contributed by atoms with Gasteiger partial charge in [0.2, 0.25) is 5.82 Å². The van der Waals surface area contributed by atoms with Gasteiger partial charge in [-0.3, -0.25) is 13.7 Å². The smallest absolute Gasteiger partial charge is 0.397 e. The first kappa shape index (κ1) is 43.6. The number of rotatable bonds is 14. The minimum atomic E-state index is -5.13. The van der Waals surface area contributed by atoms with E-state index < -0.39 is 72.9 Å². The molecule has 0 aliphatic heterocycles. The number of H-pyrrole nitrogens is 1. The van der Waals surface area contributed by atoms with Crippen LogP contribution in [0.5, 0.6) is 5.75 Å². The monoisotopic (exact) mass is 860 g/mol. The highest BCUT2D eigenvalue weighted by atomic mass is 32.3. The highest BCUT2D eigenvalue weighted by molar-refractivity contribution is 7.81. The number of imidazole rings is 1. The van der Waals surface area contributed by atoms with Gasteiger partial charge in [0.15, 0.2) is 0 Å². The highest BCUT2D eigenvalue weighted by Gasteiger charge is 2.65. The topological polar surface area (TPSA) is 266 Å². The Balaban J connectivity index is 1.18. The first-order valence-corrected chi connectivity index (χ1v) is 23.1. The van der Waals surface area contributed by atoms with Crippen molar-refractivity contribution in [1.29, 1.82) is 0 Å². The van der Waals surface area contributed by atoms with Crippen LogP contribution in [0.3, 0.4) is 0 Å². The fraction of sp³-hybridized carbons (Fsp3) is 0.676. The second-order valence-corrected chi connectivity index (χ2v) is 20.2. The number of aromatic nitrogens is 2. The Morgan fingerprint density at radius 2 is 1.46 bits per heavy atom. The highest BCUT2D eigenvalue weighted by Crippen LogP contribution is 2.69. The third kappa shape index (κ3) is 9.59. The molecule has 4 fully saturated rings. The van der Waals surface area contributed by atoms with Gasteiger partial charge in [-0.15, -0.1) is 0 Å². The van der Waals surface area contributed by atoms with Gasteiger partial charge in [0.05, 0.1) is 18.0 Å². The maximum atomic E-state index is 13.2. The Bertz CT molecular complexity index is 2160. The van der Waals surface area contributed by atoms with Crippen molar-refractivity contribution in [3.05, 3.63) is 48.4 Å².